The van der Waals surface area contributed by atoms with E-state index in [1.165, 1.54) is 17.5 Å². The lowest BCUT2D eigenvalue weighted by Gasteiger charge is -2.28. The van der Waals surface area contributed by atoms with Crippen LogP contribution in [0.2, 0.25) is 5.28 Å². The van der Waals surface area contributed by atoms with Gasteiger partial charge in [-0.3, -0.25) is 9.69 Å². The summed E-state index contributed by atoms with van der Waals surface area (Å²) < 4.78 is 32.9. The monoisotopic (exact) mass is 543 g/mol. The van der Waals surface area contributed by atoms with Crippen molar-refractivity contribution in [1.29, 1.82) is 0 Å². The number of ether oxygens (including phenoxy) is 1. The predicted octanol–water partition coefficient (Wildman–Crippen LogP) is 4.39. The van der Waals surface area contributed by atoms with Gasteiger partial charge in [0.15, 0.2) is 0 Å². The topological polar surface area (TPSA) is 105 Å². The molecule has 1 fully saturated rings. The molecule has 1 amide bonds. The van der Waals surface area contributed by atoms with Crippen molar-refractivity contribution in [3.05, 3.63) is 39.7 Å². The molecule has 1 aromatic carbocycles. The third-order valence-corrected chi connectivity index (χ3v) is 8.38. The second-order valence-electron chi connectivity index (χ2n) is 9.61. The van der Waals surface area contributed by atoms with Crippen molar-refractivity contribution in [2.24, 2.45) is 0 Å². The molecule has 0 radical (unpaired) electrons. The summed E-state index contributed by atoms with van der Waals surface area (Å²) in [6.07, 6.45) is 1.46. The summed E-state index contributed by atoms with van der Waals surface area (Å²) in [4.78, 5) is 32.9. The maximum atomic E-state index is 13.0. The first-order valence-electron chi connectivity index (χ1n) is 11.9. The Balaban J connectivity index is 1.25. The van der Waals surface area contributed by atoms with Crippen molar-refractivity contribution in [1.82, 2.24) is 30.2 Å². The SMILES string of the molecule is O=C1NC2(CC2)CNc2c1sc1ccc3nc(Oc4nc(Cl)nc5c4CN(CC(F)F)CC5)cnc3c21. The number of anilines is 1. The Kier molecular flexibility index (Phi) is 5.21. The van der Waals surface area contributed by atoms with Gasteiger partial charge in [0.2, 0.25) is 17.0 Å². The Morgan fingerprint density at radius 3 is 2.92 bits per heavy atom. The summed E-state index contributed by atoms with van der Waals surface area (Å²) in [6, 6.07) is 3.75. The van der Waals surface area contributed by atoms with Crippen LogP contribution in [-0.4, -0.2) is 62.3 Å². The number of thiophene rings is 1. The number of hydrogen-bond acceptors (Lipinski definition) is 9. The number of alkyl halides is 2. The second-order valence-corrected chi connectivity index (χ2v) is 11.0. The van der Waals surface area contributed by atoms with E-state index in [2.05, 4.69) is 30.6 Å². The van der Waals surface area contributed by atoms with Gasteiger partial charge in [0, 0.05) is 36.1 Å². The first-order chi connectivity index (χ1) is 17.9. The molecule has 37 heavy (non-hydrogen) atoms. The number of benzene rings is 1. The molecular weight excluding hydrogens is 524 g/mol. The molecule has 0 atom stereocenters. The quantitative estimate of drug-likeness (QED) is 0.365. The van der Waals surface area contributed by atoms with E-state index in [1.54, 1.807) is 4.90 Å². The summed E-state index contributed by atoms with van der Waals surface area (Å²) in [5.74, 6) is 0.311. The Morgan fingerprint density at radius 1 is 1.24 bits per heavy atom. The van der Waals surface area contributed by atoms with Crippen LogP contribution < -0.4 is 15.4 Å². The maximum Gasteiger partial charge on any atom is 0.264 e. The molecule has 190 valence electrons. The summed E-state index contributed by atoms with van der Waals surface area (Å²) >= 11 is 7.55. The number of nitrogens with zero attached hydrogens (tertiary/aromatic N) is 5. The smallest absolute Gasteiger partial charge is 0.264 e. The van der Waals surface area contributed by atoms with Gasteiger partial charge in [-0.1, -0.05) is 0 Å². The van der Waals surface area contributed by atoms with E-state index in [9.17, 15) is 13.6 Å². The fourth-order valence-electron chi connectivity index (χ4n) is 5.03. The van der Waals surface area contributed by atoms with Gasteiger partial charge < -0.3 is 15.4 Å². The number of aromatic nitrogens is 4. The van der Waals surface area contributed by atoms with Gasteiger partial charge in [0.25, 0.3) is 12.3 Å². The molecule has 0 unspecified atom stereocenters. The highest BCUT2D eigenvalue weighted by molar-refractivity contribution is 7.21. The summed E-state index contributed by atoms with van der Waals surface area (Å²) in [6.45, 7) is 1.01. The van der Waals surface area contributed by atoms with Crippen molar-refractivity contribution in [3.63, 3.8) is 0 Å². The molecule has 0 bridgehead atoms. The van der Waals surface area contributed by atoms with Gasteiger partial charge >= 0.3 is 0 Å². The lowest BCUT2D eigenvalue weighted by atomic mass is 10.1. The number of fused-ring (bicyclic) bond motifs is 6. The maximum absolute atomic E-state index is 13.0. The standard InChI is InChI=1S/C24H20ClF2N7O2S/c25-23-31-12-3-6-34(9-15(26)27)8-11(12)22(32-23)36-16-7-28-18-13(30-16)1-2-14-17(18)19-20(37-14)21(35)33-24(4-5-24)10-29-19/h1-2,7,15,29H,3-6,8-10H2,(H,33,35). The van der Waals surface area contributed by atoms with Crippen LogP contribution in [0, 0.1) is 0 Å². The third kappa shape index (κ3) is 4.03. The number of amides is 1. The van der Waals surface area contributed by atoms with Crippen molar-refractivity contribution < 1.29 is 18.3 Å². The zero-order valence-electron chi connectivity index (χ0n) is 19.4. The molecular formula is C24H20ClF2N7O2S. The van der Waals surface area contributed by atoms with Gasteiger partial charge in [-0.2, -0.15) is 4.98 Å². The predicted molar refractivity (Wildman–Crippen MR) is 135 cm³/mol. The van der Waals surface area contributed by atoms with Crippen LogP contribution in [0.1, 0.15) is 33.8 Å². The molecule has 4 aromatic rings. The summed E-state index contributed by atoms with van der Waals surface area (Å²) in [7, 11) is 0. The second kappa shape index (κ2) is 8.40. The minimum atomic E-state index is -2.44. The van der Waals surface area contributed by atoms with Gasteiger partial charge in [-0.25, -0.2) is 23.7 Å². The van der Waals surface area contributed by atoms with E-state index < -0.39 is 6.43 Å². The largest absolute Gasteiger partial charge is 0.418 e. The highest BCUT2D eigenvalue weighted by Crippen LogP contribution is 2.44. The van der Waals surface area contributed by atoms with Crippen molar-refractivity contribution >= 4 is 55.7 Å². The molecule has 2 aliphatic heterocycles. The average Bonchev–Trinajstić information content (AvgIpc) is 3.54. The summed E-state index contributed by atoms with van der Waals surface area (Å²) in [5, 5.41) is 7.51. The van der Waals surface area contributed by atoms with E-state index >= 15 is 0 Å². The van der Waals surface area contributed by atoms with Gasteiger partial charge in [-0.15, -0.1) is 11.3 Å². The van der Waals surface area contributed by atoms with Crippen LogP contribution in [0.25, 0.3) is 21.1 Å². The van der Waals surface area contributed by atoms with E-state index in [-0.39, 0.29) is 41.6 Å². The molecule has 1 aliphatic carbocycles. The number of nitrogens with one attached hydrogen (secondary N) is 2. The normalized spacial score (nSPS) is 18.4. The van der Waals surface area contributed by atoms with Crippen LogP contribution in [-0.2, 0) is 13.0 Å². The van der Waals surface area contributed by atoms with Crippen molar-refractivity contribution in [2.75, 3.05) is 25.0 Å². The highest BCUT2D eigenvalue weighted by atomic mass is 35.5. The number of hydrogen-bond donors (Lipinski definition) is 2. The van der Waals surface area contributed by atoms with Crippen LogP contribution in [0.4, 0.5) is 14.5 Å². The molecule has 7 rings (SSSR count). The van der Waals surface area contributed by atoms with Gasteiger partial charge in [-0.05, 0) is 36.6 Å². The Bertz CT molecular complexity index is 1590. The first kappa shape index (κ1) is 22.9. The van der Waals surface area contributed by atoms with E-state index in [4.69, 9.17) is 16.3 Å². The average molecular weight is 544 g/mol. The minimum absolute atomic E-state index is 0.0188. The summed E-state index contributed by atoms with van der Waals surface area (Å²) in [5.41, 5.74) is 3.16. The Hall–Kier alpha value is -3.22. The molecule has 3 aromatic heterocycles. The zero-order chi connectivity index (χ0) is 25.3. The van der Waals surface area contributed by atoms with Gasteiger partial charge in [0.1, 0.15) is 4.88 Å². The van der Waals surface area contributed by atoms with E-state index in [1.807, 2.05) is 12.1 Å². The fraction of sp³-hybridized carbons (Fsp3) is 0.375. The molecule has 2 N–H and O–H groups in total. The Morgan fingerprint density at radius 2 is 2.11 bits per heavy atom. The zero-order valence-corrected chi connectivity index (χ0v) is 20.9. The van der Waals surface area contributed by atoms with E-state index in [0.717, 1.165) is 28.6 Å². The first-order valence-corrected chi connectivity index (χ1v) is 13.1. The van der Waals surface area contributed by atoms with Crippen LogP contribution in [0.5, 0.6) is 11.8 Å². The molecule has 5 heterocycles. The fourth-order valence-corrected chi connectivity index (χ4v) is 6.28. The van der Waals surface area contributed by atoms with Gasteiger partial charge in [0.05, 0.1) is 46.3 Å². The lowest BCUT2D eigenvalue weighted by Crippen LogP contribution is -2.39. The molecule has 0 saturated heterocycles. The van der Waals surface area contributed by atoms with Crippen molar-refractivity contribution in [3.8, 4) is 11.8 Å². The van der Waals surface area contributed by atoms with Crippen molar-refractivity contribution in [2.45, 2.75) is 37.8 Å². The molecule has 13 heteroatoms. The lowest BCUT2D eigenvalue weighted by molar-refractivity contribution is 0.0810. The number of carbonyl (C=O) groups excluding carboxylic acids is 1. The molecule has 1 spiro atoms. The minimum Gasteiger partial charge on any atom is -0.418 e. The van der Waals surface area contributed by atoms with E-state index in [0.29, 0.717) is 46.7 Å². The molecule has 1 saturated carbocycles. The third-order valence-electron chi connectivity index (χ3n) is 7.06. The van der Waals surface area contributed by atoms with Crippen LogP contribution in [0.3, 0.4) is 0 Å². The number of rotatable bonds is 4. The van der Waals surface area contributed by atoms with Crippen LogP contribution >= 0.6 is 22.9 Å². The number of halogens is 3. The van der Waals surface area contributed by atoms with Crippen LogP contribution in [0.15, 0.2) is 18.3 Å². The Labute approximate surface area is 218 Å². The number of carbonyl (C=O) groups is 1. The molecule has 3 aliphatic rings. The highest BCUT2D eigenvalue weighted by Gasteiger charge is 2.46. The molecule has 9 nitrogen and oxygen atoms in total.